The molecule has 0 radical (unpaired) electrons. The standard InChI is InChI=1S/C21H29BrN4O2/c1-3-25(13-15-8-7-14(2)10-15)21(27)17-11-18-16(12-23-17)20(22)24-26(18)19-6-4-5-9-28-19/h11-12,14-15,19H,3-10,13H2,1-2H3. The molecular weight excluding hydrogens is 420 g/mol. The van der Waals surface area contributed by atoms with Gasteiger partial charge in [0.25, 0.3) is 5.91 Å². The molecule has 2 aromatic heterocycles. The van der Waals surface area contributed by atoms with Gasteiger partial charge in [0.05, 0.1) is 10.9 Å². The van der Waals surface area contributed by atoms with Crippen molar-refractivity contribution in [3.8, 4) is 0 Å². The van der Waals surface area contributed by atoms with Crippen LogP contribution in [0.3, 0.4) is 0 Å². The molecule has 1 aliphatic carbocycles. The quantitative estimate of drug-likeness (QED) is 0.659. The number of amides is 1. The van der Waals surface area contributed by atoms with E-state index in [4.69, 9.17) is 4.74 Å². The maximum Gasteiger partial charge on any atom is 0.272 e. The summed E-state index contributed by atoms with van der Waals surface area (Å²) in [7, 11) is 0. The van der Waals surface area contributed by atoms with Crippen LogP contribution in [0.4, 0.5) is 0 Å². The number of ether oxygens (including phenoxy) is 1. The molecule has 1 amide bonds. The van der Waals surface area contributed by atoms with Gasteiger partial charge in [-0.15, -0.1) is 0 Å². The molecule has 2 aliphatic rings. The first-order valence-corrected chi connectivity index (χ1v) is 11.3. The second kappa shape index (κ2) is 8.49. The van der Waals surface area contributed by atoms with E-state index in [1.165, 1.54) is 19.3 Å². The largest absolute Gasteiger partial charge is 0.356 e. The average Bonchev–Trinajstić information content (AvgIpc) is 3.28. The van der Waals surface area contributed by atoms with Gasteiger partial charge in [-0.1, -0.05) is 13.3 Å². The van der Waals surface area contributed by atoms with Crippen molar-refractivity contribution in [1.29, 1.82) is 0 Å². The molecule has 1 saturated carbocycles. The van der Waals surface area contributed by atoms with Crippen molar-refractivity contribution in [3.63, 3.8) is 0 Å². The first kappa shape index (κ1) is 19.8. The lowest BCUT2D eigenvalue weighted by Crippen LogP contribution is -2.35. The number of aromatic nitrogens is 3. The third-order valence-corrected chi connectivity index (χ3v) is 6.73. The lowest BCUT2D eigenvalue weighted by molar-refractivity contribution is -0.0368. The summed E-state index contributed by atoms with van der Waals surface area (Å²) in [6, 6.07) is 1.88. The minimum absolute atomic E-state index is 0.0115. The average molecular weight is 449 g/mol. The Labute approximate surface area is 174 Å². The highest BCUT2D eigenvalue weighted by Crippen LogP contribution is 2.32. The van der Waals surface area contributed by atoms with E-state index in [1.54, 1.807) is 6.20 Å². The summed E-state index contributed by atoms with van der Waals surface area (Å²) in [6.45, 7) is 6.64. The number of carbonyl (C=O) groups is 1. The van der Waals surface area contributed by atoms with Crippen molar-refractivity contribution < 1.29 is 9.53 Å². The summed E-state index contributed by atoms with van der Waals surface area (Å²) in [5, 5.41) is 5.53. The molecule has 6 nitrogen and oxygen atoms in total. The lowest BCUT2D eigenvalue weighted by atomic mass is 10.1. The van der Waals surface area contributed by atoms with Gasteiger partial charge in [0.15, 0.2) is 6.23 Å². The topological polar surface area (TPSA) is 60.2 Å². The van der Waals surface area contributed by atoms with E-state index in [0.717, 1.165) is 53.8 Å². The molecule has 1 saturated heterocycles. The highest BCUT2D eigenvalue weighted by Gasteiger charge is 2.27. The van der Waals surface area contributed by atoms with Gasteiger partial charge < -0.3 is 9.64 Å². The van der Waals surface area contributed by atoms with E-state index in [9.17, 15) is 4.79 Å². The first-order valence-electron chi connectivity index (χ1n) is 10.5. The van der Waals surface area contributed by atoms with Crippen molar-refractivity contribution in [2.24, 2.45) is 11.8 Å². The third-order valence-electron chi connectivity index (χ3n) is 6.15. The minimum atomic E-state index is -0.0739. The van der Waals surface area contributed by atoms with Crippen LogP contribution in [0.5, 0.6) is 0 Å². The Bertz CT molecular complexity index is 846. The summed E-state index contributed by atoms with van der Waals surface area (Å²) in [6.07, 6.45) is 8.55. The maximum absolute atomic E-state index is 13.2. The number of fused-ring (bicyclic) bond motifs is 1. The molecule has 0 spiro atoms. The fraction of sp³-hybridized carbons (Fsp3) is 0.667. The minimum Gasteiger partial charge on any atom is -0.356 e. The zero-order valence-electron chi connectivity index (χ0n) is 16.7. The Morgan fingerprint density at radius 3 is 2.89 bits per heavy atom. The molecule has 2 fully saturated rings. The Morgan fingerprint density at radius 2 is 2.21 bits per heavy atom. The molecule has 4 rings (SSSR count). The van der Waals surface area contributed by atoms with Crippen LogP contribution in [0, 0.1) is 11.8 Å². The van der Waals surface area contributed by atoms with E-state index in [0.29, 0.717) is 18.2 Å². The van der Waals surface area contributed by atoms with Gasteiger partial charge in [0.2, 0.25) is 0 Å². The van der Waals surface area contributed by atoms with Gasteiger partial charge in [0, 0.05) is 25.9 Å². The zero-order chi connectivity index (χ0) is 19.7. The molecule has 0 bridgehead atoms. The summed E-state index contributed by atoms with van der Waals surface area (Å²) in [5.41, 5.74) is 1.40. The highest BCUT2D eigenvalue weighted by molar-refractivity contribution is 9.10. The van der Waals surface area contributed by atoms with E-state index in [1.807, 2.05) is 22.6 Å². The Morgan fingerprint density at radius 1 is 1.36 bits per heavy atom. The van der Waals surface area contributed by atoms with Gasteiger partial charge in [-0.2, -0.15) is 5.10 Å². The number of hydrogen-bond acceptors (Lipinski definition) is 4. The van der Waals surface area contributed by atoms with E-state index < -0.39 is 0 Å². The van der Waals surface area contributed by atoms with Crippen LogP contribution >= 0.6 is 15.9 Å². The highest BCUT2D eigenvalue weighted by atomic mass is 79.9. The van der Waals surface area contributed by atoms with Crippen LogP contribution in [0.15, 0.2) is 16.9 Å². The molecule has 7 heteroatoms. The molecule has 152 valence electrons. The summed E-state index contributed by atoms with van der Waals surface area (Å²) >= 11 is 3.53. The fourth-order valence-electron chi connectivity index (χ4n) is 4.57. The molecule has 0 aromatic carbocycles. The molecule has 3 atom stereocenters. The predicted octanol–water partition coefficient (Wildman–Crippen LogP) is 4.79. The normalized spacial score (nSPS) is 25.3. The predicted molar refractivity (Wildman–Crippen MR) is 112 cm³/mol. The smallest absolute Gasteiger partial charge is 0.272 e. The molecular formula is C21H29BrN4O2. The van der Waals surface area contributed by atoms with E-state index in [-0.39, 0.29) is 12.1 Å². The number of rotatable bonds is 5. The van der Waals surface area contributed by atoms with Crippen LogP contribution in [-0.2, 0) is 4.74 Å². The number of pyridine rings is 1. The van der Waals surface area contributed by atoms with Crippen molar-refractivity contribution in [2.75, 3.05) is 19.7 Å². The summed E-state index contributed by atoms with van der Waals surface area (Å²) < 4.78 is 8.57. The lowest BCUT2D eigenvalue weighted by Gasteiger charge is -2.25. The first-order chi connectivity index (χ1) is 13.6. The molecule has 0 N–H and O–H groups in total. The number of nitrogens with zero attached hydrogens (tertiary/aromatic N) is 4. The van der Waals surface area contributed by atoms with Crippen LogP contribution in [0.2, 0.25) is 0 Å². The van der Waals surface area contributed by atoms with Crippen molar-refractivity contribution >= 4 is 32.7 Å². The van der Waals surface area contributed by atoms with Crippen molar-refractivity contribution in [2.45, 2.75) is 58.6 Å². The molecule has 28 heavy (non-hydrogen) atoms. The second-order valence-electron chi connectivity index (χ2n) is 8.27. The van der Waals surface area contributed by atoms with Crippen LogP contribution in [0.25, 0.3) is 10.9 Å². The van der Waals surface area contributed by atoms with E-state index in [2.05, 4.69) is 32.9 Å². The molecule has 3 unspecified atom stereocenters. The van der Waals surface area contributed by atoms with Gasteiger partial charge in [-0.3, -0.25) is 9.78 Å². The van der Waals surface area contributed by atoms with Crippen LogP contribution in [-0.4, -0.2) is 45.3 Å². The fourth-order valence-corrected chi connectivity index (χ4v) is 5.05. The van der Waals surface area contributed by atoms with E-state index >= 15 is 0 Å². The molecule has 2 aromatic rings. The van der Waals surface area contributed by atoms with Gasteiger partial charge in [-0.05, 0) is 72.9 Å². The van der Waals surface area contributed by atoms with Crippen LogP contribution < -0.4 is 0 Å². The zero-order valence-corrected chi connectivity index (χ0v) is 18.3. The number of carbonyl (C=O) groups excluding carboxylic acids is 1. The SMILES string of the molecule is CCN(CC1CCC(C)C1)C(=O)c1cc2c(cn1)c(Br)nn2C1CCCCO1. The van der Waals surface area contributed by atoms with Crippen molar-refractivity contribution in [1.82, 2.24) is 19.7 Å². The van der Waals surface area contributed by atoms with Crippen LogP contribution in [0.1, 0.15) is 69.1 Å². The van der Waals surface area contributed by atoms with Gasteiger partial charge in [-0.25, -0.2) is 4.68 Å². The van der Waals surface area contributed by atoms with Gasteiger partial charge >= 0.3 is 0 Å². The Balaban J connectivity index is 1.59. The van der Waals surface area contributed by atoms with Crippen molar-refractivity contribution in [3.05, 3.63) is 22.6 Å². The third kappa shape index (κ3) is 3.96. The maximum atomic E-state index is 13.2. The number of halogens is 1. The number of hydrogen-bond donors (Lipinski definition) is 0. The van der Waals surface area contributed by atoms with Gasteiger partial charge in [0.1, 0.15) is 10.3 Å². The monoisotopic (exact) mass is 448 g/mol. The summed E-state index contributed by atoms with van der Waals surface area (Å²) in [4.78, 5) is 19.6. The molecule has 1 aliphatic heterocycles. The molecule has 3 heterocycles. The summed E-state index contributed by atoms with van der Waals surface area (Å²) in [5.74, 6) is 1.39. The Kier molecular flexibility index (Phi) is 6.01. The second-order valence-corrected chi connectivity index (χ2v) is 9.02. The Hall–Kier alpha value is -1.47.